The number of carboxylic acid groups (broad SMARTS) is 1. The Morgan fingerprint density at radius 2 is 2.12 bits per heavy atom. The first-order chi connectivity index (χ1) is 11.7. The van der Waals surface area contributed by atoms with Gasteiger partial charge in [-0.1, -0.05) is 50.1 Å². The number of fused-ring (bicyclic) bond motifs is 1. The molecule has 0 spiro atoms. The quantitative estimate of drug-likeness (QED) is 0.694. The molecule has 3 rings (SSSR count). The molecule has 2 N–H and O–H groups in total. The molecule has 0 amide bonds. The Kier molecular flexibility index (Phi) is 4.69. The summed E-state index contributed by atoms with van der Waals surface area (Å²) < 4.78 is 1.52. The number of hydrogen-bond donors (Lipinski definition) is 2. The molecular formula is C17H19N5O2. The van der Waals surface area contributed by atoms with Gasteiger partial charge in [0.25, 0.3) is 5.78 Å². The number of aliphatic carboxylic acids is 1. The van der Waals surface area contributed by atoms with Crippen LogP contribution in [0, 0.1) is 0 Å². The highest BCUT2D eigenvalue weighted by Gasteiger charge is 2.19. The standard InChI is InChI=1S/C17H19N5O2/c1-2-3-9-13(16(23)24)20-15-10-14(12-7-5-4-6-8-12)21-17-18-11-19-22(15)17/h4-8,10-11,13,20H,2-3,9H2,1H3,(H,23,24). The Bertz CT molecular complexity index is 831. The van der Waals surface area contributed by atoms with Gasteiger partial charge in [-0.05, 0) is 6.42 Å². The highest BCUT2D eigenvalue weighted by molar-refractivity contribution is 5.77. The zero-order chi connectivity index (χ0) is 16.9. The van der Waals surface area contributed by atoms with E-state index < -0.39 is 12.0 Å². The van der Waals surface area contributed by atoms with E-state index in [0.717, 1.165) is 24.1 Å². The van der Waals surface area contributed by atoms with Gasteiger partial charge in [-0.2, -0.15) is 14.6 Å². The molecule has 0 saturated carbocycles. The summed E-state index contributed by atoms with van der Waals surface area (Å²) in [6, 6.07) is 10.8. The van der Waals surface area contributed by atoms with Gasteiger partial charge >= 0.3 is 5.97 Å². The van der Waals surface area contributed by atoms with Gasteiger partial charge in [-0.25, -0.2) is 9.78 Å². The lowest BCUT2D eigenvalue weighted by molar-refractivity contribution is -0.138. The van der Waals surface area contributed by atoms with Gasteiger partial charge in [0.05, 0.1) is 5.69 Å². The molecular weight excluding hydrogens is 306 g/mol. The van der Waals surface area contributed by atoms with E-state index >= 15 is 0 Å². The predicted octanol–water partition coefficient (Wildman–Crippen LogP) is 2.85. The van der Waals surface area contributed by atoms with Gasteiger partial charge in [0.15, 0.2) is 0 Å². The van der Waals surface area contributed by atoms with Crippen LogP contribution in [0.25, 0.3) is 17.0 Å². The maximum atomic E-state index is 11.5. The average molecular weight is 325 g/mol. The molecule has 0 saturated heterocycles. The first-order valence-electron chi connectivity index (χ1n) is 7.94. The topological polar surface area (TPSA) is 92.4 Å². The SMILES string of the molecule is CCCCC(Nc1cc(-c2ccccc2)nc2ncnn12)C(=O)O. The van der Waals surface area contributed by atoms with Crippen LogP contribution in [0.2, 0.25) is 0 Å². The van der Waals surface area contributed by atoms with Crippen LogP contribution < -0.4 is 5.32 Å². The normalized spacial score (nSPS) is 12.2. The summed E-state index contributed by atoms with van der Waals surface area (Å²) in [6.45, 7) is 2.04. The van der Waals surface area contributed by atoms with Crippen molar-refractivity contribution in [1.29, 1.82) is 0 Å². The van der Waals surface area contributed by atoms with Crippen LogP contribution in [0.3, 0.4) is 0 Å². The number of benzene rings is 1. The molecule has 1 atom stereocenters. The van der Waals surface area contributed by atoms with Crippen LogP contribution in [-0.2, 0) is 4.79 Å². The van der Waals surface area contributed by atoms with E-state index in [2.05, 4.69) is 20.4 Å². The van der Waals surface area contributed by atoms with E-state index in [1.165, 1.54) is 10.8 Å². The Labute approximate surface area is 139 Å². The highest BCUT2D eigenvalue weighted by atomic mass is 16.4. The fraction of sp³-hybridized carbons (Fsp3) is 0.294. The molecule has 7 nitrogen and oxygen atoms in total. The van der Waals surface area contributed by atoms with E-state index in [-0.39, 0.29) is 0 Å². The molecule has 1 aromatic carbocycles. The molecule has 1 unspecified atom stereocenters. The van der Waals surface area contributed by atoms with Crippen LogP contribution in [0.15, 0.2) is 42.7 Å². The molecule has 0 fully saturated rings. The van der Waals surface area contributed by atoms with Crippen molar-refractivity contribution < 1.29 is 9.90 Å². The minimum absolute atomic E-state index is 0.429. The van der Waals surface area contributed by atoms with E-state index in [0.29, 0.717) is 18.0 Å². The minimum Gasteiger partial charge on any atom is -0.480 e. The summed E-state index contributed by atoms with van der Waals surface area (Å²) in [7, 11) is 0. The summed E-state index contributed by atoms with van der Waals surface area (Å²) in [6.07, 6.45) is 3.73. The maximum absolute atomic E-state index is 11.5. The van der Waals surface area contributed by atoms with Crippen LogP contribution in [0.4, 0.5) is 5.82 Å². The molecule has 2 aromatic heterocycles. The van der Waals surface area contributed by atoms with Gasteiger partial charge in [0, 0.05) is 11.6 Å². The minimum atomic E-state index is -0.880. The number of rotatable bonds is 7. The Balaban J connectivity index is 1.99. The molecule has 0 aliphatic rings. The third kappa shape index (κ3) is 3.34. The second-order valence-corrected chi connectivity index (χ2v) is 5.54. The molecule has 0 aliphatic heterocycles. The number of hydrogen-bond acceptors (Lipinski definition) is 5. The van der Waals surface area contributed by atoms with Crippen molar-refractivity contribution in [2.24, 2.45) is 0 Å². The third-order valence-corrected chi connectivity index (χ3v) is 3.79. The first kappa shape index (κ1) is 15.9. The van der Waals surface area contributed by atoms with Gasteiger partial charge in [-0.15, -0.1) is 0 Å². The van der Waals surface area contributed by atoms with Crippen LogP contribution in [0.5, 0.6) is 0 Å². The van der Waals surface area contributed by atoms with Crippen molar-refractivity contribution in [3.05, 3.63) is 42.7 Å². The summed E-state index contributed by atoms with van der Waals surface area (Å²) in [5.41, 5.74) is 1.66. The van der Waals surface area contributed by atoms with E-state index in [1.807, 2.05) is 37.3 Å². The maximum Gasteiger partial charge on any atom is 0.326 e. The molecule has 124 valence electrons. The van der Waals surface area contributed by atoms with Crippen LogP contribution >= 0.6 is 0 Å². The van der Waals surface area contributed by atoms with E-state index in [9.17, 15) is 9.90 Å². The van der Waals surface area contributed by atoms with E-state index in [4.69, 9.17) is 0 Å². The second-order valence-electron chi connectivity index (χ2n) is 5.54. The number of aromatic nitrogens is 4. The van der Waals surface area contributed by atoms with Crippen molar-refractivity contribution in [1.82, 2.24) is 19.6 Å². The number of nitrogens with one attached hydrogen (secondary N) is 1. The Morgan fingerprint density at radius 1 is 1.33 bits per heavy atom. The number of nitrogens with zero attached hydrogens (tertiary/aromatic N) is 4. The summed E-state index contributed by atoms with van der Waals surface area (Å²) >= 11 is 0. The number of carboxylic acids is 1. The monoisotopic (exact) mass is 325 g/mol. The van der Waals surface area contributed by atoms with Gasteiger partial charge in [-0.3, -0.25) is 0 Å². The van der Waals surface area contributed by atoms with Crippen LogP contribution in [0.1, 0.15) is 26.2 Å². The average Bonchev–Trinajstić information content (AvgIpc) is 3.07. The predicted molar refractivity (Wildman–Crippen MR) is 90.8 cm³/mol. The summed E-state index contributed by atoms with van der Waals surface area (Å²) in [4.78, 5) is 20.1. The largest absolute Gasteiger partial charge is 0.480 e. The van der Waals surface area contributed by atoms with Crippen molar-refractivity contribution >= 4 is 17.6 Å². The van der Waals surface area contributed by atoms with E-state index in [1.54, 1.807) is 6.07 Å². The lowest BCUT2D eigenvalue weighted by Gasteiger charge is -2.16. The molecule has 3 aromatic rings. The van der Waals surface area contributed by atoms with Gasteiger partial charge < -0.3 is 10.4 Å². The Hall–Kier alpha value is -2.96. The molecule has 7 heteroatoms. The smallest absolute Gasteiger partial charge is 0.326 e. The molecule has 0 aliphatic carbocycles. The summed E-state index contributed by atoms with van der Waals surface area (Å²) in [5, 5.41) is 16.7. The zero-order valence-electron chi connectivity index (χ0n) is 13.4. The van der Waals surface area contributed by atoms with Gasteiger partial charge in [0.1, 0.15) is 18.2 Å². The lowest BCUT2D eigenvalue weighted by Crippen LogP contribution is -2.30. The van der Waals surface area contributed by atoms with Crippen molar-refractivity contribution in [2.45, 2.75) is 32.2 Å². The number of carbonyl (C=O) groups is 1. The van der Waals surface area contributed by atoms with Crippen molar-refractivity contribution in [2.75, 3.05) is 5.32 Å². The van der Waals surface area contributed by atoms with Crippen molar-refractivity contribution in [3.63, 3.8) is 0 Å². The molecule has 24 heavy (non-hydrogen) atoms. The summed E-state index contributed by atoms with van der Waals surface area (Å²) in [5.74, 6) is 0.119. The lowest BCUT2D eigenvalue weighted by atomic mass is 10.1. The highest BCUT2D eigenvalue weighted by Crippen LogP contribution is 2.22. The second kappa shape index (κ2) is 7.08. The van der Waals surface area contributed by atoms with Crippen molar-refractivity contribution in [3.8, 4) is 11.3 Å². The zero-order valence-corrected chi connectivity index (χ0v) is 13.4. The number of anilines is 1. The first-order valence-corrected chi connectivity index (χ1v) is 7.94. The molecule has 0 bridgehead atoms. The molecule has 2 heterocycles. The third-order valence-electron chi connectivity index (χ3n) is 3.79. The molecule has 0 radical (unpaired) electrons. The fourth-order valence-corrected chi connectivity index (χ4v) is 2.52. The Morgan fingerprint density at radius 3 is 2.83 bits per heavy atom. The fourth-order valence-electron chi connectivity index (χ4n) is 2.52. The van der Waals surface area contributed by atoms with Gasteiger partial charge in [0.2, 0.25) is 0 Å². The number of unbranched alkanes of at least 4 members (excludes halogenated alkanes) is 1. The van der Waals surface area contributed by atoms with Crippen LogP contribution in [-0.4, -0.2) is 36.7 Å².